The molecular weight excluding hydrogens is 232 g/mol. The fourth-order valence-corrected chi connectivity index (χ4v) is 3.95. The van der Waals surface area contributed by atoms with Crippen molar-refractivity contribution in [2.75, 3.05) is 12.8 Å². The molecule has 3 atom stereocenters. The number of rotatable bonds is 4. The van der Waals surface area contributed by atoms with Crippen LogP contribution in [0.3, 0.4) is 0 Å². The predicted molar refractivity (Wildman–Crippen MR) is 73.1 cm³/mol. The number of thioether (sulfide) groups is 1. The Morgan fingerprint density at radius 1 is 1.47 bits per heavy atom. The van der Waals surface area contributed by atoms with Crippen LogP contribution >= 0.6 is 11.8 Å². The minimum Gasteiger partial charge on any atom is -0.323 e. The zero-order chi connectivity index (χ0) is 12.3. The lowest BCUT2D eigenvalue weighted by atomic mass is 9.93. The molecule has 98 valence electrons. The number of nitrogens with one attached hydrogen (secondary N) is 1. The fraction of sp³-hybridized carbons (Fsp3) is 0.923. The maximum Gasteiger partial charge on any atom is 0.238 e. The highest BCUT2D eigenvalue weighted by Gasteiger charge is 2.37. The molecule has 2 rings (SSSR count). The minimum absolute atomic E-state index is 0.304. The van der Waals surface area contributed by atoms with E-state index in [1.165, 1.54) is 25.7 Å². The lowest BCUT2D eigenvalue weighted by molar-refractivity contribution is -0.131. The lowest BCUT2D eigenvalue weighted by Gasteiger charge is -2.37. The molecule has 2 aliphatic rings. The summed E-state index contributed by atoms with van der Waals surface area (Å²) in [5, 5.41) is 4.11. The van der Waals surface area contributed by atoms with Crippen LogP contribution in [-0.4, -0.2) is 41.1 Å². The Bertz CT molecular complexity index is 272. The summed E-state index contributed by atoms with van der Waals surface area (Å²) in [5.41, 5.74) is 0. The summed E-state index contributed by atoms with van der Waals surface area (Å²) in [5.74, 6) is 0.315. The van der Waals surface area contributed by atoms with Crippen molar-refractivity contribution >= 4 is 17.7 Å². The second-order valence-electron chi connectivity index (χ2n) is 5.16. The Morgan fingerprint density at radius 2 is 2.29 bits per heavy atom. The van der Waals surface area contributed by atoms with Gasteiger partial charge in [0.25, 0.3) is 0 Å². The van der Waals surface area contributed by atoms with E-state index in [2.05, 4.69) is 23.4 Å². The molecule has 3 nitrogen and oxygen atoms in total. The number of amides is 1. The highest BCUT2D eigenvalue weighted by atomic mass is 32.2. The molecule has 0 spiro atoms. The van der Waals surface area contributed by atoms with Crippen LogP contribution in [0, 0.1) is 0 Å². The van der Waals surface area contributed by atoms with Crippen molar-refractivity contribution in [3.63, 3.8) is 0 Å². The standard InChI is InChI=1S/C13H24N2OS/c1-3-5-12-14-9-13(16)15(12)10-6-4-7-11(8-10)17-2/h10-12,14H,3-9H2,1-2H3. The largest absolute Gasteiger partial charge is 0.323 e. The van der Waals surface area contributed by atoms with E-state index in [4.69, 9.17) is 0 Å². The second-order valence-corrected chi connectivity index (χ2v) is 6.30. The van der Waals surface area contributed by atoms with Gasteiger partial charge in [-0.25, -0.2) is 0 Å². The van der Waals surface area contributed by atoms with Crippen LogP contribution in [0.2, 0.25) is 0 Å². The Hall–Kier alpha value is -0.220. The van der Waals surface area contributed by atoms with Crippen LogP contribution in [-0.2, 0) is 4.79 Å². The van der Waals surface area contributed by atoms with Crippen molar-refractivity contribution in [2.45, 2.75) is 62.9 Å². The Kier molecular flexibility index (Phi) is 4.74. The van der Waals surface area contributed by atoms with Gasteiger partial charge in [-0.2, -0.15) is 11.8 Å². The summed E-state index contributed by atoms with van der Waals surface area (Å²) in [6.07, 6.45) is 9.72. The molecule has 4 heteroatoms. The van der Waals surface area contributed by atoms with Crippen molar-refractivity contribution in [1.29, 1.82) is 0 Å². The molecule has 2 fully saturated rings. The average molecular weight is 256 g/mol. The molecule has 0 aromatic rings. The molecule has 1 N–H and O–H groups in total. The average Bonchev–Trinajstić information content (AvgIpc) is 2.71. The maximum atomic E-state index is 12.0. The molecule has 1 amide bonds. The van der Waals surface area contributed by atoms with Gasteiger partial charge in [-0.15, -0.1) is 0 Å². The molecule has 1 aliphatic carbocycles. The molecule has 0 aromatic carbocycles. The molecule has 1 aliphatic heterocycles. The number of carbonyl (C=O) groups excluding carboxylic acids is 1. The van der Waals surface area contributed by atoms with Crippen LogP contribution in [0.4, 0.5) is 0 Å². The van der Waals surface area contributed by atoms with E-state index >= 15 is 0 Å². The lowest BCUT2D eigenvalue weighted by Crippen LogP contribution is -2.47. The zero-order valence-electron chi connectivity index (χ0n) is 10.9. The van der Waals surface area contributed by atoms with E-state index in [9.17, 15) is 4.79 Å². The summed E-state index contributed by atoms with van der Waals surface area (Å²) in [7, 11) is 0. The first-order valence-corrected chi connectivity index (χ1v) is 8.12. The molecule has 17 heavy (non-hydrogen) atoms. The third kappa shape index (κ3) is 2.97. The monoisotopic (exact) mass is 256 g/mol. The van der Waals surface area contributed by atoms with Gasteiger partial charge in [0.1, 0.15) is 0 Å². The van der Waals surface area contributed by atoms with Crippen LogP contribution in [0.5, 0.6) is 0 Å². The molecule has 1 saturated heterocycles. The topological polar surface area (TPSA) is 32.3 Å². The van der Waals surface area contributed by atoms with Gasteiger partial charge in [0.15, 0.2) is 0 Å². The van der Waals surface area contributed by atoms with E-state index in [1.807, 2.05) is 11.8 Å². The van der Waals surface area contributed by atoms with Gasteiger partial charge in [0.05, 0.1) is 12.7 Å². The van der Waals surface area contributed by atoms with Crippen molar-refractivity contribution < 1.29 is 4.79 Å². The highest BCUT2D eigenvalue weighted by molar-refractivity contribution is 7.99. The van der Waals surface area contributed by atoms with E-state index in [-0.39, 0.29) is 0 Å². The van der Waals surface area contributed by atoms with Crippen molar-refractivity contribution in [3.8, 4) is 0 Å². The molecule has 1 heterocycles. The quantitative estimate of drug-likeness (QED) is 0.837. The van der Waals surface area contributed by atoms with E-state index < -0.39 is 0 Å². The zero-order valence-corrected chi connectivity index (χ0v) is 11.8. The van der Waals surface area contributed by atoms with Crippen LogP contribution in [0.25, 0.3) is 0 Å². The Morgan fingerprint density at radius 3 is 3.00 bits per heavy atom. The molecule has 1 saturated carbocycles. The van der Waals surface area contributed by atoms with Gasteiger partial charge in [-0.1, -0.05) is 19.8 Å². The molecular formula is C13H24N2OS. The third-order valence-electron chi connectivity index (χ3n) is 4.00. The van der Waals surface area contributed by atoms with Gasteiger partial charge in [0, 0.05) is 11.3 Å². The first-order chi connectivity index (χ1) is 8.26. The molecule has 0 aromatic heterocycles. The highest BCUT2D eigenvalue weighted by Crippen LogP contribution is 2.32. The van der Waals surface area contributed by atoms with Crippen molar-refractivity contribution in [3.05, 3.63) is 0 Å². The molecule has 3 unspecified atom stereocenters. The summed E-state index contributed by atoms with van der Waals surface area (Å²) in [6.45, 7) is 2.74. The smallest absolute Gasteiger partial charge is 0.238 e. The van der Waals surface area contributed by atoms with E-state index in [0.717, 1.165) is 18.1 Å². The summed E-state index contributed by atoms with van der Waals surface area (Å²) >= 11 is 1.97. The first-order valence-electron chi connectivity index (χ1n) is 6.83. The molecule has 0 bridgehead atoms. The van der Waals surface area contributed by atoms with Crippen LogP contribution in [0.15, 0.2) is 0 Å². The fourth-order valence-electron chi connectivity index (χ4n) is 3.13. The Balaban J connectivity index is 2.00. The second kappa shape index (κ2) is 6.10. The van der Waals surface area contributed by atoms with Gasteiger partial charge in [-0.05, 0) is 31.9 Å². The normalized spacial score (nSPS) is 34.4. The third-order valence-corrected chi connectivity index (χ3v) is 5.09. The van der Waals surface area contributed by atoms with E-state index in [0.29, 0.717) is 24.7 Å². The maximum absolute atomic E-state index is 12.0. The van der Waals surface area contributed by atoms with Gasteiger partial charge in [-0.3, -0.25) is 10.1 Å². The van der Waals surface area contributed by atoms with Crippen LogP contribution < -0.4 is 5.32 Å². The van der Waals surface area contributed by atoms with Crippen LogP contribution in [0.1, 0.15) is 45.4 Å². The minimum atomic E-state index is 0.304. The number of carbonyl (C=O) groups is 1. The first kappa shape index (κ1) is 13.2. The van der Waals surface area contributed by atoms with Crippen molar-refractivity contribution in [1.82, 2.24) is 10.2 Å². The summed E-state index contributed by atoms with van der Waals surface area (Å²) < 4.78 is 0. The number of hydrogen-bond acceptors (Lipinski definition) is 3. The van der Waals surface area contributed by atoms with Gasteiger partial charge < -0.3 is 4.90 Å². The Labute approximate surface area is 109 Å². The van der Waals surface area contributed by atoms with Gasteiger partial charge >= 0.3 is 0 Å². The van der Waals surface area contributed by atoms with Gasteiger partial charge in [0.2, 0.25) is 5.91 Å². The molecule has 0 radical (unpaired) electrons. The number of hydrogen-bond donors (Lipinski definition) is 1. The summed E-state index contributed by atoms with van der Waals surface area (Å²) in [6, 6.07) is 0.486. The predicted octanol–water partition coefficient (Wildman–Crippen LogP) is 2.22. The summed E-state index contributed by atoms with van der Waals surface area (Å²) in [4.78, 5) is 14.2. The SMILES string of the molecule is CCCC1NCC(=O)N1C1CCCC(SC)C1. The number of nitrogens with zero attached hydrogens (tertiary/aromatic N) is 1. The van der Waals surface area contributed by atoms with Crippen molar-refractivity contribution in [2.24, 2.45) is 0 Å². The van der Waals surface area contributed by atoms with E-state index in [1.54, 1.807) is 0 Å².